The predicted octanol–water partition coefficient (Wildman–Crippen LogP) is 11.6. The maximum atomic E-state index is 13.5. The van der Waals surface area contributed by atoms with Crippen molar-refractivity contribution in [1.29, 1.82) is 0 Å². The fourth-order valence-electron chi connectivity index (χ4n) is 7.37. The minimum absolute atomic E-state index is 0.0114. The average Bonchev–Trinajstić information content (AvgIpc) is 3.29. The lowest BCUT2D eigenvalue weighted by Gasteiger charge is -2.44. The molecule has 338 valence electrons. The van der Waals surface area contributed by atoms with Crippen LogP contribution in [-0.2, 0) is 38.8 Å². The number of alkyl halides is 12. The van der Waals surface area contributed by atoms with Gasteiger partial charge < -0.3 is 0 Å². The summed E-state index contributed by atoms with van der Waals surface area (Å²) in [7, 11) is -2.82. The van der Waals surface area contributed by atoms with E-state index in [0.717, 1.165) is 54.1 Å². The molecule has 7 aromatic carbocycles. The molecule has 0 aliphatic rings. The first kappa shape index (κ1) is 48.6. The van der Waals surface area contributed by atoms with Gasteiger partial charge in [0.15, 0.2) is 15.9 Å². The van der Waals surface area contributed by atoms with Gasteiger partial charge in [-0.05, 0) is 30.2 Å². The van der Waals surface area contributed by atoms with E-state index in [1.165, 1.54) is 0 Å². The van der Waals surface area contributed by atoms with Crippen LogP contribution in [0.3, 0.4) is 0 Å². The van der Waals surface area contributed by atoms with Crippen molar-refractivity contribution in [1.82, 2.24) is 0 Å². The maximum Gasteiger partial charge on any atom is 0.416 e. The van der Waals surface area contributed by atoms with Crippen molar-refractivity contribution in [2.75, 3.05) is 5.75 Å². The van der Waals surface area contributed by atoms with Crippen LogP contribution in [0.4, 0.5) is 52.7 Å². The molecule has 7 rings (SSSR count). The molecule has 2 nitrogen and oxygen atoms in total. The molecule has 0 heterocycles. The lowest BCUT2D eigenvalue weighted by atomic mass is 9.13. The van der Waals surface area contributed by atoms with E-state index in [9.17, 15) is 61.7 Å². The molecule has 0 aromatic heterocycles. The van der Waals surface area contributed by atoms with Gasteiger partial charge in [-0.15, -0.1) is 0 Å². The fourth-order valence-corrected chi connectivity index (χ4v) is 9.14. The van der Waals surface area contributed by atoms with E-state index in [0.29, 0.717) is 59.0 Å². The van der Waals surface area contributed by atoms with Gasteiger partial charge in [0.1, 0.15) is 6.15 Å². The molecule has 7 aromatic rings. The minimum Gasteiger partial charge on any atom is -0.289 e. The molecule has 0 saturated carbocycles. The molecular formula is C50H33BF12O2S. The van der Waals surface area contributed by atoms with Crippen molar-refractivity contribution in [3.05, 3.63) is 221 Å². The number of carbonyl (C=O) groups excluding carboxylic acids is 1. The van der Waals surface area contributed by atoms with E-state index >= 15 is 0 Å². The van der Waals surface area contributed by atoms with E-state index in [2.05, 4.69) is 11.2 Å². The second-order valence-corrected chi connectivity index (χ2v) is 17.2. The van der Waals surface area contributed by atoms with Crippen molar-refractivity contribution in [3.8, 4) is 11.2 Å². The summed E-state index contributed by atoms with van der Waals surface area (Å²) in [6.07, 6.45) is -22.0. The number of benzene rings is 7. The maximum absolute atomic E-state index is 13.5. The van der Waals surface area contributed by atoms with Crippen molar-refractivity contribution >= 4 is 43.7 Å². The van der Waals surface area contributed by atoms with Gasteiger partial charge in [-0.3, -0.25) is 4.79 Å². The molecule has 0 spiro atoms. The zero-order valence-corrected chi connectivity index (χ0v) is 34.8. The molecule has 0 saturated heterocycles. The van der Waals surface area contributed by atoms with Gasteiger partial charge in [-0.1, -0.05) is 168 Å². The zero-order valence-electron chi connectivity index (χ0n) is 33.9. The van der Waals surface area contributed by atoms with Crippen LogP contribution in [0, 0.1) is 11.2 Å². The minimum atomic E-state index is -4.77. The SMILES string of the molecule is FC(F)(F)c1ccc([B-](c2ccc(C(F)(F)F)cc2)(c2ccc(C(F)(F)F)cc2)c2ccc(C(F)(F)F)cc2)cc1.O=C(C[S+](=O)(C#Cc1ccccc1)c1ccccc1)c1ccccc1. The number of halogens is 12. The Hall–Kier alpha value is -6.86. The molecule has 1 unspecified atom stereocenters. The Balaban J connectivity index is 0.000000245. The molecular weight excluding hydrogens is 903 g/mol. The number of carbonyl (C=O) groups is 1. The Labute approximate surface area is 372 Å². The predicted molar refractivity (Wildman–Crippen MR) is 232 cm³/mol. The molecule has 1 atom stereocenters. The summed E-state index contributed by atoms with van der Waals surface area (Å²) in [5, 5.41) is 2.89. The van der Waals surface area contributed by atoms with E-state index in [1.54, 1.807) is 36.4 Å². The Morgan fingerprint density at radius 1 is 0.409 bits per heavy atom. The highest BCUT2D eigenvalue weighted by atomic mass is 32.2. The lowest BCUT2D eigenvalue weighted by Crippen LogP contribution is -2.74. The smallest absolute Gasteiger partial charge is 0.289 e. The average molecular weight is 937 g/mol. The van der Waals surface area contributed by atoms with E-state index in [4.69, 9.17) is 0 Å². The number of ketones is 1. The number of hydrogen-bond donors (Lipinski definition) is 0. The van der Waals surface area contributed by atoms with Crippen molar-refractivity contribution in [2.24, 2.45) is 0 Å². The molecule has 0 bridgehead atoms. The van der Waals surface area contributed by atoms with E-state index in [-0.39, 0.29) is 33.4 Å². The van der Waals surface area contributed by atoms with Gasteiger partial charge in [0.05, 0.1) is 22.3 Å². The van der Waals surface area contributed by atoms with Crippen LogP contribution in [0.25, 0.3) is 0 Å². The molecule has 66 heavy (non-hydrogen) atoms. The van der Waals surface area contributed by atoms with E-state index < -0.39 is 63.0 Å². The largest absolute Gasteiger partial charge is 0.416 e. The molecule has 0 N–H and O–H groups in total. The summed E-state index contributed by atoms with van der Waals surface area (Å²) in [4.78, 5) is 13.2. The van der Waals surface area contributed by atoms with E-state index in [1.807, 2.05) is 54.6 Å². The summed E-state index contributed by atoms with van der Waals surface area (Å²) in [6.45, 7) is 0. The molecule has 0 radical (unpaired) electrons. The van der Waals surface area contributed by atoms with Crippen molar-refractivity contribution in [2.45, 2.75) is 29.6 Å². The standard InChI is InChI=1S/C28H16BF12.C22H17O2S/c30-25(31,32)17-1-9-21(10-2-17)29(22-11-3-18(4-12-22)26(33,34)35,23-13-5-19(6-14-23)27(36,37)38)24-15-7-20(8-16-24)28(39,40)41;23-22(20-12-6-2-7-13-20)18-25(24,21-14-8-3-9-15-21)17-16-19-10-4-1-5-11-19/h1-16H;1-15H,18H2/q-1;+1. The molecule has 0 amide bonds. The summed E-state index contributed by atoms with van der Waals surface area (Å²) in [5.74, 6) is 2.67. The third kappa shape index (κ3) is 11.3. The summed E-state index contributed by atoms with van der Waals surface area (Å²) in [6, 6.07) is 40.8. The van der Waals surface area contributed by atoms with Crippen molar-refractivity contribution in [3.63, 3.8) is 0 Å². The van der Waals surface area contributed by atoms with Crippen molar-refractivity contribution < 1.29 is 61.7 Å². The third-order valence-corrected chi connectivity index (χ3v) is 12.8. The second kappa shape index (κ2) is 19.3. The zero-order chi connectivity index (χ0) is 48.0. The number of hydrogen-bond acceptors (Lipinski definition) is 2. The van der Waals surface area contributed by atoms with Crippen LogP contribution in [0.1, 0.15) is 38.2 Å². The lowest BCUT2D eigenvalue weighted by molar-refractivity contribution is -0.138. The van der Waals surface area contributed by atoms with Crippen LogP contribution in [0.2, 0.25) is 0 Å². The monoisotopic (exact) mass is 936 g/mol. The fraction of sp³-hybridized carbons (Fsp3) is 0.100. The van der Waals surface area contributed by atoms with Crippen LogP contribution in [0.5, 0.6) is 0 Å². The van der Waals surface area contributed by atoms with Gasteiger partial charge in [0, 0.05) is 11.1 Å². The van der Waals surface area contributed by atoms with Gasteiger partial charge in [-0.2, -0.15) is 74.5 Å². The van der Waals surface area contributed by atoms with Gasteiger partial charge in [-0.25, -0.2) is 0 Å². The first-order chi connectivity index (χ1) is 31.0. The third-order valence-electron chi connectivity index (χ3n) is 10.6. The molecule has 16 heteroatoms. The van der Waals surface area contributed by atoms with Gasteiger partial charge in [0.2, 0.25) is 15.7 Å². The topological polar surface area (TPSA) is 34.1 Å². The van der Waals surface area contributed by atoms with Crippen LogP contribution in [0.15, 0.2) is 193 Å². The quantitative estimate of drug-likeness (QED) is 0.0500. The first-order valence-corrected chi connectivity index (χ1v) is 21.3. The van der Waals surface area contributed by atoms with Gasteiger partial charge >= 0.3 is 24.7 Å². The summed E-state index contributed by atoms with van der Waals surface area (Å²) < 4.78 is 174. The summed E-state index contributed by atoms with van der Waals surface area (Å²) >= 11 is 0. The molecule has 0 fully saturated rings. The molecule has 0 aliphatic heterocycles. The highest BCUT2D eigenvalue weighted by Gasteiger charge is 2.39. The highest BCUT2D eigenvalue weighted by molar-refractivity contribution is 8.07. The Bertz CT molecular complexity index is 2600. The molecule has 0 aliphatic carbocycles. The first-order valence-electron chi connectivity index (χ1n) is 19.6. The normalized spacial score (nSPS) is 13.0. The number of Topliss-reactive ketones (excluding diaryl/α,β-unsaturated/α-hetero) is 1. The Kier molecular flexibility index (Phi) is 14.2. The number of rotatable bonds is 8. The van der Waals surface area contributed by atoms with Gasteiger partial charge in [0.25, 0.3) is 0 Å². The van der Waals surface area contributed by atoms with Crippen LogP contribution < -0.4 is 21.9 Å². The van der Waals surface area contributed by atoms with Crippen LogP contribution in [-0.4, -0.2) is 17.7 Å². The Morgan fingerprint density at radius 3 is 1.00 bits per heavy atom. The second-order valence-electron chi connectivity index (χ2n) is 14.9. The summed E-state index contributed by atoms with van der Waals surface area (Å²) in [5.41, 5.74) is -2.97. The Morgan fingerprint density at radius 2 is 0.697 bits per heavy atom. The van der Waals surface area contributed by atoms with Crippen LogP contribution >= 0.6 is 0 Å². The highest BCUT2D eigenvalue weighted by Crippen LogP contribution is 2.33.